The van der Waals surface area contributed by atoms with Crippen LogP contribution in [0.2, 0.25) is 5.02 Å². The van der Waals surface area contributed by atoms with Crippen molar-refractivity contribution in [1.82, 2.24) is 9.62 Å². The monoisotopic (exact) mass is 417 g/mol. The first-order chi connectivity index (χ1) is 12.6. The molecule has 1 saturated heterocycles. The fourth-order valence-corrected chi connectivity index (χ4v) is 3.64. The number of halogens is 1. The summed E-state index contributed by atoms with van der Waals surface area (Å²) in [5, 5.41) is 0.551. The maximum absolute atomic E-state index is 12.2. The average Bonchev–Trinajstić information content (AvgIpc) is 2.57. The molecule has 3 N–H and O–H groups in total. The minimum Gasteiger partial charge on any atom is -0.493 e. The summed E-state index contributed by atoms with van der Waals surface area (Å²) >= 11 is 5.95. The smallest absolute Gasteiger partial charge is 0.237 e. The third-order valence-electron chi connectivity index (χ3n) is 4.55. The average molecular weight is 418 g/mol. The van der Waals surface area contributed by atoms with Crippen molar-refractivity contribution in [2.75, 3.05) is 32.5 Å². The van der Waals surface area contributed by atoms with Gasteiger partial charge in [0.05, 0.1) is 19.4 Å². The van der Waals surface area contributed by atoms with E-state index in [-0.39, 0.29) is 25.5 Å². The molecule has 2 amide bonds. The Kier molecular flexibility index (Phi) is 7.07. The first kappa shape index (κ1) is 21.5. The molecule has 0 unspecified atom stereocenters. The highest BCUT2D eigenvalue weighted by atomic mass is 35.5. The van der Waals surface area contributed by atoms with Crippen LogP contribution < -0.4 is 15.2 Å². The van der Waals surface area contributed by atoms with Crippen LogP contribution in [0.1, 0.15) is 19.3 Å². The standard InChI is InChI=1S/C17H24ClN3O5S/c1-27(24,25)20-11-16(23)21-7-5-17(6-8-21,10-15(19)22)12-26-14-4-2-3-13(18)9-14/h2-4,9,20H,5-8,10-12H2,1H3,(H2,19,22). The molecule has 0 aliphatic carbocycles. The van der Waals surface area contributed by atoms with E-state index in [4.69, 9.17) is 22.1 Å². The molecule has 1 aliphatic rings. The number of hydrogen-bond acceptors (Lipinski definition) is 5. The Labute approximate surface area is 164 Å². The topological polar surface area (TPSA) is 119 Å². The molecule has 10 heteroatoms. The summed E-state index contributed by atoms with van der Waals surface area (Å²) < 4.78 is 30.3. The second kappa shape index (κ2) is 8.90. The number of rotatable bonds is 8. The van der Waals surface area contributed by atoms with Gasteiger partial charge in [-0.1, -0.05) is 17.7 Å². The van der Waals surface area contributed by atoms with Gasteiger partial charge in [0.25, 0.3) is 0 Å². The normalized spacial score (nSPS) is 16.7. The molecular formula is C17H24ClN3O5S. The Bertz CT molecular complexity index is 792. The number of nitrogens with one attached hydrogen (secondary N) is 1. The molecule has 1 aromatic carbocycles. The largest absolute Gasteiger partial charge is 0.493 e. The molecular weight excluding hydrogens is 394 g/mol. The number of benzene rings is 1. The van der Waals surface area contributed by atoms with Crippen molar-refractivity contribution in [3.63, 3.8) is 0 Å². The molecule has 27 heavy (non-hydrogen) atoms. The predicted molar refractivity (Wildman–Crippen MR) is 102 cm³/mol. The molecule has 1 aromatic rings. The van der Waals surface area contributed by atoms with Gasteiger partial charge < -0.3 is 15.4 Å². The Morgan fingerprint density at radius 3 is 2.56 bits per heavy atom. The maximum atomic E-state index is 12.2. The molecule has 8 nitrogen and oxygen atoms in total. The van der Waals surface area contributed by atoms with Gasteiger partial charge in [0.2, 0.25) is 21.8 Å². The van der Waals surface area contributed by atoms with E-state index in [0.717, 1.165) is 6.26 Å². The van der Waals surface area contributed by atoms with E-state index >= 15 is 0 Å². The Balaban J connectivity index is 1.97. The van der Waals surface area contributed by atoms with Crippen LogP contribution in [0.15, 0.2) is 24.3 Å². The number of carbonyl (C=O) groups is 2. The number of sulfonamides is 1. The third-order valence-corrected chi connectivity index (χ3v) is 5.46. The summed E-state index contributed by atoms with van der Waals surface area (Å²) in [7, 11) is -3.43. The van der Waals surface area contributed by atoms with Gasteiger partial charge in [-0.2, -0.15) is 0 Å². The summed E-state index contributed by atoms with van der Waals surface area (Å²) in [5.41, 5.74) is 4.94. The molecule has 1 aliphatic heterocycles. The lowest BCUT2D eigenvalue weighted by atomic mass is 9.76. The van der Waals surface area contributed by atoms with Crippen molar-refractivity contribution in [3.05, 3.63) is 29.3 Å². The molecule has 0 aromatic heterocycles. The molecule has 1 fully saturated rings. The van der Waals surface area contributed by atoms with Gasteiger partial charge >= 0.3 is 0 Å². The van der Waals surface area contributed by atoms with Crippen molar-refractivity contribution in [2.24, 2.45) is 11.1 Å². The van der Waals surface area contributed by atoms with E-state index in [2.05, 4.69) is 4.72 Å². The van der Waals surface area contributed by atoms with E-state index in [1.54, 1.807) is 29.2 Å². The highest BCUT2D eigenvalue weighted by Gasteiger charge is 2.38. The van der Waals surface area contributed by atoms with Crippen molar-refractivity contribution in [1.29, 1.82) is 0 Å². The van der Waals surface area contributed by atoms with Crippen LogP contribution in [0, 0.1) is 5.41 Å². The highest BCUT2D eigenvalue weighted by molar-refractivity contribution is 7.88. The highest BCUT2D eigenvalue weighted by Crippen LogP contribution is 2.36. The minimum absolute atomic E-state index is 0.150. The Morgan fingerprint density at radius 2 is 2.00 bits per heavy atom. The Morgan fingerprint density at radius 1 is 1.33 bits per heavy atom. The van der Waals surface area contributed by atoms with Crippen molar-refractivity contribution >= 4 is 33.4 Å². The predicted octanol–water partition coefficient (Wildman–Crippen LogP) is 0.752. The quantitative estimate of drug-likeness (QED) is 0.647. The van der Waals surface area contributed by atoms with E-state index in [1.165, 1.54) is 0 Å². The summed E-state index contributed by atoms with van der Waals surface area (Å²) in [4.78, 5) is 25.3. The summed E-state index contributed by atoms with van der Waals surface area (Å²) in [6, 6.07) is 6.98. The summed E-state index contributed by atoms with van der Waals surface area (Å²) in [6.07, 6.45) is 2.21. The number of primary amides is 1. The number of likely N-dealkylation sites (tertiary alicyclic amines) is 1. The number of ether oxygens (including phenoxy) is 1. The van der Waals surface area contributed by atoms with Crippen molar-refractivity contribution in [2.45, 2.75) is 19.3 Å². The van der Waals surface area contributed by atoms with Gasteiger partial charge in [0, 0.05) is 29.9 Å². The molecule has 0 bridgehead atoms. The molecule has 0 saturated carbocycles. The van der Waals surface area contributed by atoms with Gasteiger partial charge in [0.1, 0.15) is 5.75 Å². The van der Waals surface area contributed by atoms with Gasteiger partial charge in [-0.25, -0.2) is 13.1 Å². The lowest BCUT2D eigenvalue weighted by molar-refractivity contribution is -0.133. The van der Waals surface area contributed by atoms with Crippen LogP contribution in [0.3, 0.4) is 0 Å². The zero-order chi connectivity index (χ0) is 20.1. The molecule has 150 valence electrons. The van der Waals surface area contributed by atoms with Crippen LogP contribution in [-0.4, -0.2) is 57.6 Å². The molecule has 0 atom stereocenters. The second-order valence-corrected chi connectivity index (χ2v) is 9.13. The molecule has 2 rings (SSSR count). The number of nitrogens with two attached hydrogens (primary N) is 1. The zero-order valence-corrected chi connectivity index (χ0v) is 16.7. The van der Waals surface area contributed by atoms with Crippen molar-refractivity contribution in [3.8, 4) is 5.75 Å². The first-order valence-electron chi connectivity index (χ1n) is 8.48. The number of amides is 2. The van der Waals surface area contributed by atoms with Crippen molar-refractivity contribution < 1.29 is 22.7 Å². The number of piperidine rings is 1. The number of nitrogens with zero attached hydrogens (tertiary/aromatic N) is 1. The first-order valence-corrected chi connectivity index (χ1v) is 10.7. The van der Waals surface area contributed by atoms with E-state index in [1.807, 2.05) is 0 Å². The van der Waals surface area contributed by atoms with Crippen LogP contribution in [-0.2, 0) is 19.6 Å². The van der Waals surface area contributed by atoms with Gasteiger partial charge in [-0.3, -0.25) is 9.59 Å². The SMILES string of the molecule is CS(=O)(=O)NCC(=O)N1CCC(COc2cccc(Cl)c2)(CC(N)=O)CC1. The van der Waals surface area contributed by atoms with Crippen LogP contribution in [0.5, 0.6) is 5.75 Å². The Hall–Kier alpha value is -1.84. The molecule has 0 radical (unpaired) electrons. The number of hydrogen-bond donors (Lipinski definition) is 2. The maximum Gasteiger partial charge on any atom is 0.237 e. The van der Waals surface area contributed by atoms with Gasteiger partial charge in [-0.05, 0) is 31.0 Å². The third kappa shape index (κ3) is 7.00. The van der Waals surface area contributed by atoms with E-state index < -0.39 is 21.3 Å². The molecule has 0 spiro atoms. The number of carbonyl (C=O) groups excluding carboxylic acids is 2. The fraction of sp³-hybridized carbons (Fsp3) is 0.529. The lowest BCUT2D eigenvalue weighted by Crippen LogP contribution is -2.49. The summed E-state index contributed by atoms with van der Waals surface area (Å²) in [6.45, 7) is 0.799. The fourth-order valence-electron chi connectivity index (χ4n) is 3.07. The van der Waals surface area contributed by atoms with Crippen LogP contribution in [0.4, 0.5) is 0 Å². The lowest BCUT2D eigenvalue weighted by Gasteiger charge is -2.41. The molecule has 1 heterocycles. The van der Waals surface area contributed by atoms with Crippen LogP contribution >= 0.6 is 11.6 Å². The van der Waals surface area contributed by atoms with Gasteiger partial charge in [0.15, 0.2) is 0 Å². The summed E-state index contributed by atoms with van der Waals surface area (Å²) in [5.74, 6) is -0.130. The minimum atomic E-state index is -3.43. The van der Waals surface area contributed by atoms with E-state index in [9.17, 15) is 18.0 Å². The zero-order valence-electron chi connectivity index (χ0n) is 15.1. The van der Waals surface area contributed by atoms with E-state index in [0.29, 0.717) is 36.7 Å². The van der Waals surface area contributed by atoms with Gasteiger partial charge in [-0.15, -0.1) is 0 Å². The van der Waals surface area contributed by atoms with Crippen LogP contribution in [0.25, 0.3) is 0 Å². The second-order valence-electron chi connectivity index (χ2n) is 6.86.